The van der Waals surface area contributed by atoms with Crippen LogP contribution in [-0.4, -0.2) is 0 Å². The summed E-state index contributed by atoms with van der Waals surface area (Å²) in [5.41, 5.74) is 1.20. The van der Waals surface area contributed by atoms with Gasteiger partial charge in [0.15, 0.2) is 0 Å². The first kappa shape index (κ1) is 10.5. The minimum atomic E-state index is -1.80. The van der Waals surface area contributed by atoms with Crippen molar-refractivity contribution >= 4 is 28.1 Å². The molecule has 1 aromatic rings. The quantitative estimate of drug-likeness (QED) is 0.551. The predicted molar refractivity (Wildman–Crippen MR) is 47.3 cm³/mol. The number of aryl methyl sites for hydroxylation is 1. The molecule has 0 aromatic heterocycles. The van der Waals surface area contributed by atoms with Crippen LogP contribution in [0.2, 0.25) is 0 Å². The molecule has 0 spiro atoms. The second-order valence-electron chi connectivity index (χ2n) is 2.12. The van der Waals surface area contributed by atoms with Crippen LogP contribution in [0.15, 0.2) is 24.3 Å². The SMILES string of the molecule is Cc1cc[c]([Zn][F])cc1.I. The van der Waals surface area contributed by atoms with Crippen molar-refractivity contribution in [2.45, 2.75) is 6.92 Å². The third kappa shape index (κ3) is 3.06. The second-order valence-corrected chi connectivity index (χ2v) is 4.39. The van der Waals surface area contributed by atoms with Crippen molar-refractivity contribution in [3.63, 3.8) is 0 Å². The van der Waals surface area contributed by atoms with E-state index in [1.165, 1.54) is 5.56 Å². The maximum Gasteiger partial charge on any atom is -0.107 e. The second kappa shape index (κ2) is 5.19. The van der Waals surface area contributed by atoms with Gasteiger partial charge in [-0.05, 0) is 0 Å². The molecule has 0 aliphatic rings. The van der Waals surface area contributed by atoms with Gasteiger partial charge < -0.3 is 0 Å². The molecule has 0 saturated carbocycles. The molecule has 0 saturated heterocycles. The standard InChI is InChI=1S/C7H7.FH.HI.Zn/c1-7-5-3-2-4-6-7;;;/h3-6H,1H3;2*1H;/q;;;+1/p-1. The zero-order valence-corrected chi connectivity index (χ0v) is 11.1. The molecule has 1 rings (SSSR count). The molecule has 0 fully saturated rings. The van der Waals surface area contributed by atoms with Crippen LogP contribution < -0.4 is 4.16 Å². The summed E-state index contributed by atoms with van der Waals surface area (Å²) in [6.45, 7) is 2.01. The van der Waals surface area contributed by atoms with E-state index in [0.29, 0.717) is 0 Å². The Bertz CT molecular complexity index is 185. The van der Waals surface area contributed by atoms with Crippen LogP contribution in [0.25, 0.3) is 0 Å². The van der Waals surface area contributed by atoms with Gasteiger partial charge in [-0.1, -0.05) is 0 Å². The Morgan fingerprint density at radius 1 is 1.20 bits per heavy atom. The summed E-state index contributed by atoms with van der Waals surface area (Å²) in [5, 5.41) is 0. The van der Waals surface area contributed by atoms with Gasteiger partial charge >= 0.3 is 61.9 Å². The summed E-state index contributed by atoms with van der Waals surface area (Å²) in [6.07, 6.45) is 0. The van der Waals surface area contributed by atoms with Crippen molar-refractivity contribution in [1.29, 1.82) is 0 Å². The molecule has 1 aromatic carbocycles. The van der Waals surface area contributed by atoms with Crippen molar-refractivity contribution < 1.29 is 20.9 Å². The Hall–Kier alpha value is 0.503. The molecule has 0 unspecified atom stereocenters. The molecule has 52 valence electrons. The van der Waals surface area contributed by atoms with Crippen molar-refractivity contribution in [2.75, 3.05) is 0 Å². The van der Waals surface area contributed by atoms with Crippen LogP contribution in [0.4, 0.5) is 3.32 Å². The van der Waals surface area contributed by atoms with E-state index in [1.807, 2.05) is 31.2 Å². The average molecular weight is 303 g/mol. The average Bonchev–Trinajstić information content (AvgIpc) is 1.90. The molecule has 0 atom stereocenters. The van der Waals surface area contributed by atoms with Gasteiger partial charge in [0.1, 0.15) is 0 Å². The van der Waals surface area contributed by atoms with Gasteiger partial charge in [-0.25, -0.2) is 0 Å². The first-order valence-electron chi connectivity index (χ1n) is 2.94. The third-order valence-electron chi connectivity index (χ3n) is 1.27. The Labute approximate surface area is 85.4 Å². The Morgan fingerprint density at radius 3 is 2.10 bits per heavy atom. The molecular weight excluding hydrogens is 295 g/mol. The summed E-state index contributed by atoms with van der Waals surface area (Å²) < 4.78 is 13.0. The van der Waals surface area contributed by atoms with Gasteiger partial charge in [0.25, 0.3) is 0 Å². The van der Waals surface area contributed by atoms with Crippen molar-refractivity contribution in [3.8, 4) is 0 Å². The number of benzene rings is 1. The van der Waals surface area contributed by atoms with E-state index in [4.69, 9.17) is 0 Å². The molecular formula is C7H8FIZn. The fraction of sp³-hybridized carbons (Fsp3) is 0.143. The maximum absolute atomic E-state index is 12.0. The fourth-order valence-electron chi connectivity index (χ4n) is 0.677. The predicted octanol–water partition coefficient (Wildman–Crippen LogP) is 2.21. The third-order valence-corrected chi connectivity index (χ3v) is 2.91. The van der Waals surface area contributed by atoms with Crippen molar-refractivity contribution in [1.82, 2.24) is 0 Å². The van der Waals surface area contributed by atoms with E-state index in [-0.39, 0.29) is 24.0 Å². The Balaban J connectivity index is 0.000000810. The van der Waals surface area contributed by atoms with E-state index in [2.05, 4.69) is 0 Å². The summed E-state index contributed by atoms with van der Waals surface area (Å²) in [5.74, 6) is 0. The number of hydrogen-bond donors (Lipinski definition) is 0. The molecule has 10 heavy (non-hydrogen) atoms. The monoisotopic (exact) mass is 302 g/mol. The van der Waals surface area contributed by atoms with Gasteiger partial charge in [-0.3, -0.25) is 0 Å². The molecule has 0 amide bonds. The minimum absolute atomic E-state index is 0. The number of halogens is 2. The fourth-order valence-corrected chi connectivity index (χ4v) is 1.55. The van der Waals surface area contributed by atoms with Crippen molar-refractivity contribution in [3.05, 3.63) is 29.8 Å². The van der Waals surface area contributed by atoms with Gasteiger partial charge in [-0.15, -0.1) is 24.0 Å². The molecule has 0 bridgehead atoms. The van der Waals surface area contributed by atoms with E-state index in [0.717, 1.165) is 4.16 Å². The van der Waals surface area contributed by atoms with E-state index in [1.54, 1.807) is 0 Å². The first-order valence-corrected chi connectivity index (χ1v) is 5.55. The maximum atomic E-state index is 12.0. The van der Waals surface area contributed by atoms with E-state index in [9.17, 15) is 3.32 Å². The van der Waals surface area contributed by atoms with E-state index < -0.39 is 17.6 Å². The number of hydrogen-bond acceptors (Lipinski definition) is 0. The minimum Gasteiger partial charge on any atom is -0.107 e. The van der Waals surface area contributed by atoms with Crippen LogP contribution in [0, 0.1) is 6.92 Å². The topological polar surface area (TPSA) is 0 Å². The molecule has 0 N–H and O–H groups in total. The van der Waals surface area contributed by atoms with Gasteiger partial charge in [-0.2, -0.15) is 0 Å². The zero-order valence-electron chi connectivity index (χ0n) is 5.80. The smallest absolute Gasteiger partial charge is 0.107 e. The zero-order chi connectivity index (χ0) is 6.69. The van der Waals surface area contributed by atoms with Gasteiger partial charge in [0.2, 0.25) is 0 Å². The molecule has 0 aliphatic heterocycles. The van der Waals surface area contributed by atoms with Gasteiger partial charge in [0.05, 0.1) is 0 Å². The largest absolute Gasteiger partial charge is 0.107 e. The Morgan fingerprint density at radius 2 is 1.70 bits per heavy atom. The van der Waals surface area contributed by atoms with Crippen LogP contribution in [0.5, 0.6) is 0 Å². The van der Waals surface area contributed by atoms with Crippen LogP contribution in [0.3, 0.4) is 0 Å². The van der Waals surface area contributed by atoms with Crippen LogP contribution in [0.1, 0.15) is 5.56 Å². The number of rotatable bonds is 1. The first-order chi connectivity index (χ1) is 4.33. The van der Waals surface area contributed by atoms with E-state index >= 15 is 0 Å². The molecule has 0 heterocycles. The van der Waals surface area contributed by atoms with Crippen LogP contribution in [-0.2, 0) is 17.6 Å². The molecule has 0 aliphatic carbocycles. The summed E-state index contributed by atoms with van der Waals surface area (Å²) in [6, 6.07) is 7.69. The molecule has 3 heteroatoms. The summed E-state index contributed by atoms with van der Waals surface area (Å²) >= 11 is -1.80. The normalized spacial score (nSPS) is 7.80. The molecule has 0 nitrogen and oxygen atoms in total. The molecule has 0 radical (unpaired) electrons. The van der Waals surface area contributed by atoms with Crippen LogP contribution >= 0.6 is 24.0 Å². The summed E-state index contributed by atoms with van der Waals surface area (Å²) in [7, 11) is 0. The summed E-state index contributed by atoms with van der Waals surface area (Å²) in [4.78, 5) is 0. The Kier molecular flexibility index (Phi) is 5.45. The van der Waals surface area contributed by atoms with Gasteiger partial charge in [0, 0.05) is 0 Å². The van der Waals surface area contributed by atoms with Crippen molar-refractivity contribution in [2.24, 2.45) is 0 Å².